The third kappa shape index (κ3) is 4.84. The van der Waals surface area contributed by atoms with Gasteiger partial charge in [0.1, 0.15) is 5.75 Å². The van der Waals surface area contributed by atoms with E-state index in [1.54, 1.807) is 25.3 Å². The molecular formula is C21H27N3O2. The van der Waals surface area contributed by atoms with Gasteiger partial charge in [-0.3, -0.25) is 9.69 Å². The number of nitrogen functional groups attached to an aromatic ring is 1. The Kier molecular flexibility index (Phi) is 6.26. The SMILES string of the molecule is COc1ccc(C(=O)CCN2CCN(Cc3ccccc3)CC2)cc1N. The lowest BCUT2D eigenvalue weighted by atomic mass is 10.1. The number of anilines is 1. The minimum absolute atomic E-state index is 0.131. The Hall–Kier alpha value is -2.37. The number of nitrogens with two attached hydrogens (primary N) is 1. The maximum absolute atomic E-state index is 12.4. The second-order valence-corrected chi connectivity index (χ2v) is 6.73. The molecule has 1 aliphatic heterocycles. The summed E-state index contributed by atoms with van der Waals surface area (Å²) in [6.07, 6.45) is 0.518. The molecule has 2 N–H and O–H groups in total. The molecule has 0 saturated carbocycles. The fourth-order valence-corrected chi connectivity index (χ4v) is 3.32. The molecule has 1 aliphatic rings. The molecule has 1 heterocycles. The number of carbonyl (C=O) groups excluding carboxylic acids is 1. The molecule has 0 aliphatic carbocycles. The Bertz CT molecular complexity index is 725. The van der Waals surface area contributed by atoms with Crippen LogP contribution in [0.25, 0.3) is 0 Å². The molecule has 0 atom stereocenters. The highest BCUT2D eigenvalue weighted by atomic mass is 16.5. The van der Waals surface area contributed by atoms with Gasteiger partial charge in [-0.15, -0.1) is 0 Å². The summed E-state index contributed by atoms with van der Waals surface area (Å²) in [4.78, 5) is 17.2. The van der Waals surface area contributed by atoms with Gasteiger partial charge in [-0.05, 0) is 23.8 Å². The normalized spacial score (nSPS) is 15.7. The van der Waals surface area contributed by atoms with E-state index in [2.05, 4.69) is 40.1 Å². The van der Waals surface area contributed by atoms with E-state index < -0.39 is 0 Å². The zero-order valence-electron chi connectivity index (χ0n) is 15.4. The number of hydrogen-bond donors (Lipinski definition) is 1. The molecule has 138 valence electrons. The topological polar surface area (TPSA) is 58.8 Å². The van der Waals surface area contributed by atoms with E-state index in [9.17, 15) is 4.79 Å². The first-order valence-electron chi connectivity index (χ1n) is 9.11. The summed E-state index contributed by atoms with van der Waals surface area (Å²) in [5.74, 6) is 0.738. The van der Waals surface area contributed by atoms with E-state index in [0.717, 1.165) is 39.3 Å². The van der Waals surface area contributed by atoms with Gasteiger partial charge in [0, 0.05) is 51.3 Å². The molecule has 1 saturated heterocycles. The molecular weight excluding hydrogens is 326 g/mol. The van der Waals surface area contributed by atoms with E-state index in [1.807, 2.05) is 0 Å². The Labute approximate surface area is 155 Å². The van der Waals surface area contributed by atoms with Crippen LogP contribution < -0.4 is 10.5 Å². The summed E-state index contributed by atoms with van der Waals surface area (Å²) in [5.41, 5.74) is 8.41. The van der Waals surface area contributed by atoms with Gasteiger partial charge < -0.3 is 15.4 Å². The highest BCUT2D eigenvalue weighted by Gasteiger charge is 2.18. The number of carbonyl (C=O) groups is 1. The van der Waals surface area contributed by atoms with E-state index in [1.165, 1.54) is 5.56 Å². The third-order valence-electron chi connectivity index (χ3n) is 4.92. The van der Waals surface area contributed by atoms with Crippen molar-refractivity contribution in [2.24, 2.45) is 0 Å². The average Bonchev–Trinajstić information content (AvgIpc) is 2.68. The first kappa shape index (κ1) is 18.4. The van der Waals surface area contributed by atoms with Crippen LogP contribution >= 0.6 is 0 Å². The quantitative estimate of drug-likeness (QED) is 0.613. The second kappa shape index (κ2) is 8.83. The molecule has 0 spiro atoms. The molecule has 1 fully saturated rings. The van der Waals surface area contributed by atoms with Gasteiger partial charge in [0.05, 0.1) is 12.8 Å². The number of benzene rings is 2. The minimum atomic E-state index is 0.131. The first-order chi connectivity index (χ1) is 12.7. The van der Waals surface area contributed by atoms with Gasteiger partial charge >= 0.3 is 0 Å². The molecule has 5 nitrogen and oxygen atoms in total. The maximum atomic E-state index is 12.4. The lowest BCUT2D eigenvalue weighted by Crippen LogP contribution is -2.46. The number of piperazine rings is 1. The largest absolute Gasteiger partial charge is 0.495 e. The van der Waals surface area contributed by atoms with Gasteiger partial charge in [-0.25, -0.2) is 0 Å². The van der Waals surface area contributed by atoms with Crippen LogP contribution in [-0.4, -0.2) is 55.4 Å². The van der Waals surface area contributed by atoms with Gasteiger partial charge in [0.25, 0.3) is 0 Å². The molecule has 26 heavy (non-hydrogen) atoms. The summed E-state index contributed by atoms with van der Waals surface area (Å²) in [6, 6.07) is 15.8. The van der Waals surface area contributed by atoms with Crippen molar-refractivity contribution in [1.29, 1.82) is 0 Å². The van der Waals surface area contributed by atoms with E-state index >= 15 is 0 Å². The molecule has 0 bridgehead atoms. The van der Waals surface area contributed by atoms with E-state index in [0.29, 0.717) is 23.4 Å². The first-order valence-corrected chi connectivity index (χ1v) is 9.11. The fourth-order valence-electron chi connectivity index (χ4n) is 3.32. The van der Waals surface area contributed by atoms with Crippen LogP contribution in [0.4, 0.5) is 5.69 Å². The van der Waals surface area contributed by atoms with Crippen molar-refractivity contribution in [1.82, 2.24) is 9.80 Å². The van der Waals surface area contributed by atoms with Crippen LogP contribution in [0.1, 0.15) is 22.3 Å². The standard InChI is InChI=1S/C21H27N3O2/c1-26-21-8-7-18(15-19(21)22)20(25)9-10-23-11-13-24(14-12-23)16-17-5-3-2-4-6-17/h2-8,15H,9-14,16,22H2,1H3. The number of ether oxygens (including phenoxy) is 1. The third-order valence-corrected chi connectivity index (χ3v) is 4.92. The van der Waals surface area contributed by atoms with Crippen molar-refractivity contribution < 1.29 is 9.53 Å². The van der Waals surface area contributed by atoms with Crippen molar-refractivity contribution >= 4 is 11.5 Å². The Balaban J connectivity index is 1.43. The van der Waals surface area contributed by atoms with Crippen LogP contribution in [-0.2, 0) is 6.54 Å². The van der Waals surface area contributed by atoms with E-state index in [4.69, 9.17) is 10.5 Å². The smallest absolute Gasteiger partial charge is 0.164 e. The predicted molar refractivity (Wildman–Crippen MR) is 105 cm³/mol. The monoisotopic (exact) mass is 353 g/mol. The second-order valence-electron chi connectivity index (χ2n) is 6.73. The van der Waals surface area contributed by atoms with Crippen molar-refractivity contribution in [3.63, 3.8) is 0 Å². The molecule has 3 rings (SSSR count). The maximum Gasteiger partial charge on any atom is 0.164 e. The van der Waals surface area contributed by atoms with Gasteiger partial charge in [0.15, 0.2) is 5.78 Å². The van der Waals surface area contributed by atoms with Crippen molar-refractivity contribution in [3.8, 4) is 5.75 Å². The lowest BCUT2D eigenvalue weighted by Gasteiger charge is -2.34. The summed E-state index contributed by atoms with van der Waals surface area (Å²) in [6.45, 7) is 5.88. The molecule has 0 unspecified atom stereocenters. The number of hydrogen-bond acceptors (Lipinski definition) is 5. The van der Waals surface area contributed by atoms with Crippen LogP contribution in [0.5, 0.6) is 5.75 Å². The number of rotatable bonds is 7. The van der Waals surface area contributed by atoms with Crippen molar-refractivity contribution in [3.05, 3.63) is 59.7 Å². The number of ketones is 1. The number of nitrogens with zero attached hydrogens (tertiary/aromatic N) is 2. The van der Waals surface area contributed by atoms with Crippen LogP contribution in [0.15, 0.2) is 48.5 Å². The molecule has 0 aromatic heterocycles. The zero-order valence-corrected chi connectivity index (χ0v) is 15.4. The van der Waals surface area contributed by atoms with Crippen molar-refractivity contribution in [2.45, 2.75) is 13.0 Å². The summed E-state index contributed by atoms with van der Waals surface area (Å²) in [5, 5.41) is 0. The minimum Gasteiger partial charge on any atom is -0.495 e. The Morgan fingerprint density at radius 1 is 1.04 bits per heavy atom. The van der Waals surface area contributed by atoms with Crippen molar-refractivity contribution in [2.75, 3.05) is 45.6 Å². The average molecular weight is 353 g/mol. The highest BCUT2D eigenvalue weighted by Crippen LogP contribution is 2.22. The lowest BCUT2D eigenvalue weighted by molar-refractivity contribution is 0.0922. The molecule has 2 aromatic rings. The zero-order chi connectivity index (χ0) is 18.4. The molecule has 2 aromatic carbocycles. The Morgan fingerprint density at radius 2 is 1.73 bits per heavy atom. The predicted octanol–water partition coefficient (Wildman–Crippen LogP) is 2.67. The fraction of sp³-hybridized carbons (Fsp3) is 0.381. The van der Waals surface area contributed by atoms with Crippen LogP contribution in [0.2, 0.25) is 0 Å². The van der Waals surface area contributed by atoms with Crippen LogP contribution in [0.3, 0.4) is 0 Å². The summed E-state index contributed by atoms with van der Waals surface area (Å²) >= 11 is 0. The highest BCUT2D eigenvalue weighted by molar-refractivity contribution is 5.97. The van der Waals surface area contributed by atoms with Crippen LogP contribution in [0, 0.1) is 0 Å². The molecule has 0 radical (unpaired) electrons. The van der Waals surface area contributed by atoms with E-state index in [-0.39, 0.29) is 5.78 Å². The molecule has 0 amide bonds. The number of methoxy groups -OCH3 is 1. The Morgan fingerprint density at radius 3 is 2.38 bits per heavy atom. The van der Waals surface area contributed by atoms with Gasteiger partial charge in [0.2, 0.25) is 0 Å². The molecule has 5 heteroatoms. The van der Waals surface area contributed by atoms with Gasteiger partial charge in [-0.2, -0.15) is 0 Å². The van der Waals surface area contributed by atoms with Gasteiger partial charge in [-0.1, -0.05) is 30.3 Å². The summed E-state index contributed by atoms with van der Waals surface area (Å²) < 4.78 is 5.14. The summed E-state index contributed by atoms with van der Waals surface area (Å²) in [7, 11) is 1.57. The number of Topliss-reactive ketones (excluding diaryl/α,β-unsaturated/α-hetero) is 1.